The first-order valence-electron chi connectivity index (χ1n) is 18.1. The summed E-state index contributed by atoms with van der Waals surface area (Å²) in [6.07, 6.45) is -8.88. The molecule has 1 aromatic rings. The highest BCUT2D eigenvalue weighted by molar-refractivity contribution is 5.32. The van der Waals surface area contributed by atoms with E-state index >= 15 is 0 Å². The topological polar surface area (TPSA) is 249 Å². The summed E-state index contributed by atoms with van der Waals surface area (Å²) in [6.45, 7) is 2.80. The summed E-state index contributed by atoms with van der Waals surface area (Å²) in [5.74, 6) is -0.230. The molecule has 5 fully saturated rings. The predicted octanol–water partition coefficient (Wildman–Crippen LogP) is -1.22. The fourth-order valence-corrected chi connectivity index (χ4v) is 10.7. The Balaban J connectivity index is 1.04. The fourth-order valence-electron chi connectivity index (χ4n) is 10.7. The van der Waals surface area contributed by atoms with E-state index in [1.165, 1.54) is 12.3 Å². The largest absolute Gasteiger partial charge is 0.431 e. The van der Waals surface area contributed by atoms with Crippen LogP contribution in [-0.4, -0.2) is 138 Å². The number of aliphatic hydroxyl groups is 9. The highest BCUT2D eigenvalue weighted by atomic mass is 16.7. The number of aliphatic hydroxyl groups excluding tert-OH is 8. The first-order chi connectivity index (χ1) is 24.2. The van der Waals surface area contributed by atoms with Crippen LogP contribution in [0.3, 0.4) is 0 Å². The van der Waals surface area contributed by atoms with Gasteiger partial charge in [0.05, 0.1) is 37.3 Å². The van der Waals surface area contributed by atoms with E-state index in [0.717, 1.165) is 11.1 Å². The van der Waals surface area contributed by atoms with Crippen molar-refractivity contribution in [3.05, 3.63) is 46.0 Å². The van der Waals surface area contributed by atoms with Gasteiger partial charge >= 0.3 is 5.63 Å². The Bertz CT molecular complexity index is 1480. The third-order valence-electron chi connectivity index (χ3n) is 13.7. The van der Waals surface area contributed by atoms with E-state index in [1.807, 2.05) is 13.0 Å². The van der Waals surface area contributed by atoms with Crippen molar-refractivity contribution in [2.45, 2.75) is 144 Å². The third-order valence-corrected chi connectivity index (χ3v) is 13.7. The lowest BCUT2D eigenvalue weighted by molar-refractivity contribution is -0.361. The third kappa shape index (κ3) is 5.88. The van der Waals surface area contributed by atoms with Crippen LogP contribution in [-0.2, 0) is 18.9 Å². The summed E-state index contributed by atoms with van der Waals surface area (Å²) < 4.78 is 28.3. The molecule has 18 unspecified atom stereocenters. The molecule has 15 heteroatoms. The lowest BCUT2D eigenvalue weighted by Crippen LogP contribution is -2.65. The Morgan fingerprint density at radius 2 is 1.49 bits per heavy atom. The number of allylic oxidation sites excluding steroid dienone is 1. The van der Waals surface area contributed by atoms with Crippen molar-refractivity contribution in [1.29, 1.82) is 0 Å². The fraction of sp³-hybridized carbons (Fsp3) is 0.806. The smallest absolute Gasteiger partial charge is 0.335 e. The zero-order valence-corrected chi connectivity index (χ0v) is 28.8. The Hall–Kier alpha value is -1.83. The van der Waals surface area contributed by atoms with Crippen LogP contribution in [0.5, 0.6) is 0 Å². The molecule has 0 bridgehead atoms. The average molecular weight is 725 g/mol. The maximum absolute atomic E-state index is 12.5. The van der Waals surface area contributed by atoms with Crippen LogP contribution in [0, 0.1) is 22.7 Å². The van der Waals surface area contributed by atoms with Crippen LogP contribution in [0.25, 0.3) is 0 Å². The molecular formula is C36H52O15. The zero-order chi connectivity index (χ0) is 36.6. The molecule has 9 N–H and O–H groups in total. The van der Waals surface area contributed by atoms with E-state index in [9.17, 15) is 50.8 Å². The van der Waals surface area contributed by atoms with E-state index in [-0.39, 0.29) is 23.2 Å². The first kappa shape index (κ1) is 37.5. The van der Waals surface area contributed by atoms with Crippen molar-refractivity contribution >= 4 is 0 Å². The van der Waals surface area contributed by atoms with Crippen molar-refractivity contribution in [3.8, 4) is 0 Å². The van der Waals surface area contributed by atoms with Gasteiger partial charge in [0.1, 0.15) is 48.8 Å². The second-order valence-corrected chi connectivity index (χ2v) is 16.0. The Morgan fingerprint density at radius 3 is 2.18 bits per heavy atom. The molecule has 2 saturated heterocycles. The van der Waals surface area contributed by atoms with Crippen LogP contribution in [0.1, 0.15) is 70.3 Å². The van der Waals surface area contributed by atoms with Gasteiger partial charge in [-0.1, -0.05) is 25.5 Å². The minimum Gasteiger partial charge on any atom is -0.431 e. The van der Waals surface area contributed by atoms with Gasteiger partial charge in [-0.2, -0.15) is 0 Å². The quantitative estimate of drug-likeness (QED) is 0.150. The molecule has 6 aliphatic rings. The maximum Gasteiger partial charge on any atom is 0.335 e. The molecule has 51 heavy (non-hydrogen) atoms. The average Bonchev–Trinajstić information content (AvgIpc) is 3.40. The van der Waals surface area contributed by atoms with E-state index in [2.05, 4.69) is 6.92 Å². The van der Waals surface area contributed by atoms with Crippen LogP contribution in [0.4, 0.5) is 0 Å². The number of rotatable bonds is 7. The van der Waals surface area contributed by atoms with Gasteiger partial charge in [0.15, 0.2) is 12.6 Å². The molecule has 0 spiro atoms. The van der Waals surface area contributed by atoms with Gasteiger partial charge in [0.25, 0.3) is 0 Å². The van der Waals surface area contributed by atoms with Crippen molar-refractivity contribution < 1.29 is 69.3 Å². The molecule has 3 heterocycles. The summed E-state index contributed by atoms with van der Waals surface area (Å²) >= 11 is 0. The Morgan fingerprint density at radius 1 is 0.804 bits per heavy atom. The Labute approximate surface area is 295 Å². The van der Waals surface area contributed by atoms with Crippen molar-refractivity contribution in [1.82, 2.24) is 0 Å². The van der Waals surface area contributed by atoms with Gasteiger partial charge in [0, 0.05) is 11.5 Å². The van der Waals surface area contributed by atoms with Gasteiger partial charge in [-0.15, -0.1) is 0 Å². The normalized spacial score (nSPS) is 51.3. The molecule has 7 rings (SSSR count). The highest BCUT2D eigenvalue weighted by Gasteiger charge is 2.70. The molecule has 1 aromatic heterocycles. The lowest BCUT2D eigenvalue weighted by atomic mass is 9.44. The van der Waals surface area contributed by atoms with E-state index in [1.54, 1.807) is 6.07 Å². The minimum absolute atomic E-state index is 0.00332. The van der Waals surface area contributed by atoms with Gasteiger partial charge in [0.2, 0.25) is 0 Å². The molecule has 3 saturated carbocycles. The molecule has 2 aliphatic heterocycles. The Kier molecular flexibility index (Phi) is 10.1. The molecule has 0 radical (unpaired) electrons. The van der Waals surface area contributed by atoms with Crippen molar-refractivity contribution in [2.75, 3.05) is 13.2 Å². The van der Waals surface area contributed by atoms with Gasteiger partial charge < -0.3 is 69.3 Å². The standard InChI is InChI=1S/C36H52O15/c1-34-9-7-18(48-32-30(45)28(43)31(23(14-38)50-32)51-33-29(44)27(42)26(41)22(13-37)49-33)11-17(34)4-5-20-21(34)12-24(39)35(2)19(8-10-36(20,35)46)16-3-6-25(40)47-15-16/h3,6,11,15,18-24,26-33,37-39,41-46H,4-5,7-10,12-14H2,1-2H3. The summed E-state index contributed by atoms with van der Waals surface area (Å²) in [4.78, 5) is 11.6. The highest BCUT2D eigenvalue weighted by Crippen LogP contribution is 2.70. The molecule has 18 atom stereocenters. The summed E-state index contributed by atoms with van der Waals surface area (Å²) in [5.41, 5.74) is -0.789. The first-order valence-corrected chi connectivity index (χ1v) is 18.1. The second-order valence-electron chi connectivity index (χ2n) is 16.0. The maximum atomic E-state index is 12.5. The summed E-state index contributed by atoms with van der Waals surface area (Å²) in [6, 6.07) is 3.12. The number of hydrogen-bond donors (Lipinski definition) is 9. The van der Waals surface area contributed by atoms with Crippen LogP contribution in [0.15, 0.2) is 39.3 Å². The molecule has 0 amide bonds. The monoisotopic (exact) mass is 724 g/mol. The molecule has 4 aliphatic carbocycles. The number of fused-ring (bicyclic) bond motifs is 5. The molecule has 0 aromatic carbocycles. The van der Waals surface area contributed by atoms with Crippen LogP contribution in [0.2, 0.25) is 0 Å². The van der Waals surface area contributed by atoms with Crippen molar-refractivity contribution in [2.24, 2.45) is 22.7 Å². The minimum atomic E-state index is -1.76. The van der Waals surface area contributed by atoms with Crippen molar-refractivity contribution in [3.63, 3.8) is 0 Å². The van der Waals surface area contributed by atoms with Crippen LogP contribution < -0.4 is 5.63 Å². The van der Waals surface area contributed by atoms with E-state index in [4.69, 9.17) is 23.4 Å². The van der Waals surface area contributed by atoms with Gasteiger partial charge in [-0.25, -0.2) is 4.79 Å². The molecular weight excluding hydrogens is 672 g/mol. The van der Waals surface area contributed by atoms with E-state index in [0.29, 0.717) is 44.9 Å². The SMILES string of the molecule is CC12CCC(OC3OC(CO)C(OC4OC(CO)C(O)C(O)C4O)C(O)C3O)C=C1CCC1C2CC(O)C2(C)C(c3ccc(=O)oc3)CCC12O. The lowest BCUT2D eigenvalue weighted by Gasteiger charge is -2.63. The summed E-state index contributed by atoms with van der Waals surface area (Å²) in [5, 5.41) is 96.8. The number of hydrogen-bond acceptors (Lipinski definition) is 15. The van der Waals surface area contributed by atoms with Crippen LogP contribution >= 0.6 is 0 Å². The van der Waals surface area contributed by atoms with Gasteiger partial charge in [-0.3, -0.25) is 0 Å². The van der Waals surface area contributed by atoms with E-state index < -0.39 is 103 Å². The number of ether oxygens (including phenoxy) is 4. The summed E-state index contributed by atoms with van der Waals surface area (Å²) in [7, 11) is 0. The molecule has 286 valence electrons. The van der Waals surface area contributed by atoms with Gasteiger partial charge in [-0.05, 0) is 79.7 Å². The molecule has 15 nitrogen and oxygen atoms in total. The second kappa shape index (κ2) is 13.8. The predicted molar refractivity (Wildman–Crippen MR) is 174 cm³/mol. The zero-order valence-electron chi connectivity index (χ0n) is 28.8.